The summed E-state index contributed by atoms with van der Waals surface area (Å²) in [5, 5.41) is 0.669. The van der Waals surface area contributed by atoms with E-state index in [0.29, 0.717) is 31.2 Å². The molecule has 1 aromatic heterocycles. The highest BCUT2D eigenvalue weighted by Gasteiger charge is 2.23. The minimum absolute atomic E-state index is 0.00922. The fourth-order valence-corrected chi connectivity index (χ4v) is 2.78. The molecule has 0 bridgehead atoms. The molecule has 0 spiro atoms. The van der Waals surface area contributed by atoms with Gasteiger partial charge in [0.2, 0.25) is 0 Å². The Morgan fingerprint density at radius 2 is 1.78 bits per heavy atom. The van der Waals surface area contributed by atoms with Gasteiger partial charge in [0.05, 0.1) is 0 Å². The molecule has 0 radical (unpaired) electrons. The summed E-state index contributed by atoms with van der Waals surface area (Å²) < 4.78 is 0. The van der Waals surface area contributed by atoms with Gasteiger partial charge in [0.1, 0.15) is 5.69 Å². The van der Waals surface area contributed by atoms with Crippen LogP contribution in [0.2, 0.25) is 5.02 Å². The predicted molar refractivity (Wildman–Crippen MR) is 87.3 cm³/mol. The zero-order chi connectivity index (χ0) is 16.4. The van der Waals surface area contributed by atoms with Crippen molar-refractivity contribution in [3.63, 3.8) is 0 Å². The maximum absolute atomic E-state index is 12.4. The number of amides is 1. The lowest BCUT2D eigenvalue weighted by Crippen LogP contribution is -2.49. The summed E-state index contributed by atoms with van der Waals surface area (Å²) in [7, 11) is 0. The van der Waals surface area contributed by atoms with Gasteiger partial charge in [0, 0.05) is 43.0 Å². The van der Waals surface area contributed by atoms with Crippen molar-refractivity contribution in [3.8, 4) is 0 Å². The highest BCUT2D eigenvalue weighted by atomic mass is 35.5. The number of carbonyl (C=O) groups excluding carboxylic acids is 1. The number of piperazine rings is 1. The number of H-pyrrole nitrogens is 2. The van der Waals surface area contributed by atoms with Crippen LogP contribution in [0.5, 0.6) is 0 Å². The Hall–Kier alpha value is -2.54. The van der Waals surface area contributed by atoms with Crippen molar-refractivity contribution in [1.29, 1.82) is 0 Å². The molecule has 2 N–H and O–H groups in total. The van der Waals surface area contributed by atoms with Crippen LogP contribution in [0.4, 0.5) is 5.69 Å². The van der Waals surface area contributed by atoms with E-state index in [4.69, 9.17) is 11.6 Å². The summed E-state index contributed by atoms with van der Waals surface area (Å²) in [4.78, 5) is 43.1. The first kappa shape index (κ1) is 15.4. The zero-order valence-corrected chi connectivity index (χ0v) is 13.0. The molecular formula is C15H15ClN4O3. The minimum atomic E-state index is -0.682. The number of carbonyl (C=O) groups is 1. The van der Waals surface area contributed by atoms with Gasteiger partial charge in [0.15, 0.2) is 0 Å². The molecule has 1 aliphatic heterocycles. The van der Waals surface area contributed by atoms with E-state index in [1.54, 1.807) is 4.90 Å². The second-order valence-electron chi connectivity index (χ2n) is 5.26. The molecule has 0 unspecified atom stereocenters. The van der Waals surface area contributed by atoms with Crippen LogP contribution in [0.15, 0.2) is 39.9 Å². The lowest BCUT2D eigenvalue weighted by molar-refractivity contribution is 0.0740. The standard InChI is InChI=1S/C15H15ClN4O3/c16-10-2-1-3-11(8-10)19-4-6-20(7-5-19)14(22)12-9-13(21)18-15(23)17-12/h1-3,8-9H,4-7H2,(H2,17,18,21,23). The summed E-state index contributed by atoms with van der Waals surface area (Å²) >= 11 is 6.00. The Morgan fingerprint density at radius 3 is 2.43 bits per heavy atom. The van der Waals surface area contributed by atoms with Crippen LogP contribution in [-0.4, -0.2) is 47.0 Å². The topological polar surface area (TPSA) is 89.3 Å². The fraction of sp³-hybridized carbons (Fsp3) is 0.267. The number of benzene rings is 1. The molecule has 1 aliphatic rings. The van der Waals surface area contributed by atoms with Gasteiger partial charge in [-0.15, -0.1) is 0 Å². The summed E-state index contributed by atoms with van der Waals surface area (Å²) in [6, 6.07) is 8.65. The van der Waals surface area contributed by atoms with Crippen LogP contribution in [0.25, 0.3) is 0 Å². The number of hydrogen-bond acceptors (Lipinski definition) is 4. The number of rotatable bonds is 2. The van der Waals surface area contributed by atoms with Gasteiger partial charge in [-0.2, -0.15) is 0 Å². The fourth-order valence-electron chi connectivity index (χ4n) is 2.59. The maximum atomic E-state index is 12.4. The molecule has 2 heterocycles. The van der Waals surface area contributed by atoms with Gasteiger partial charge in [-0.25, -0.2) is 4.79 Å². The van der Waals surface area contributed by atoms with Crippen molar-refractivity contribution < 1.29 is 4.79 Å². The smallest absolute Gasteiger partial charge is 0.326 e. The van der Waals surface area contributed by atoms with Gasteiger partial charge >= 0.3 is 5.69 Å². The number of aromatic amines is 2. The molecule has 0 aliphatic carbocycles. The Morgan fingerprint density at radius 1 is 1.04 bits per heavy atom. The van der Waals surface area contributed by atoms with E-state index in [1.807, 2.05) is 29.2 Å². The SMILES string of the molecule is O=C(c1cc(=O)[nH]c(=O)[nH]1)N1CCN(c2cccc(Cl)c2)CC1. The van der Waals surface area contributed by atoms with Crippen LogP contribution in [0.3, 0.4) is 0 Å². The van der Waals surface area contributed by atoms with E-state index in [1.165, 1.54) is 0 Å². The molecule has 7 nitrogen and oxygen atoms in total. The molecule has 2 aromatic rings. The van der Waals surface area contributed by atoms with Gasteiger partial charge in [-0.3, -0.25) is 14.6 Å². The molecule has 23 heavy (non-hydrogen) atoms. The molecule has 1 saturated heterocycles. The summed E-state index contributed by atoms with van der Waals surface area (Å²) in [6.07, 6.45) is 0. The average Bonchev–Trinajstić information content (AvgIpc) is 2.53. The molecule has 1 aromatic carbocycles. The van der Waals surface area contributed by atoms with E-state index in [0.717, 1.165) is 11.8 Å². The molecule has 3 rings (SSSR count). The molecule has 8 heteroatoms. The van der Waals surface area contributed by atoms with Gasteiger partial charge < -0.3 is 14.8 Å². The monoisotopic (exact) mass is 334 g/mol. The summed E-state index contributed by atoms with van der Waals surface area (Å²) in [5.74, 6) is -0.348. The third kappa shape index (κ3) is 3.45. The Kier molecular flexibility index (Phi) is 4.20. The quantitative estimate of drug-likeness (QED) is 0.845. The van der Waals surface area contributed by atoms with Crippen molar-refractivity contribution in [2.75, 3.05) is 31.1 Å². The number of nitrogens with zero attached hydrogens (tertiary/aromatic N) is 2. The number of aromatic nitrogens is 2. The number of anilines is 1. The van der Waals surface area contributed by atoms with Crippen molar-refractivity contribution in [3.05, 3.63) is 61.9 Å². The first-order valence-corrected chi connectivity index (χ1v) is 7.54. The van der Waals surface area contributed by atoms with Crippen molar-refractivity contribution >= 4 is 23.2 Å². The molecule has 0 saturated carbocycles. The number of nitrogens with one attached hydrogen (secondary N) is 2. The third-order valence-corrected chi connectivity index (χ3v) is 3.97. The lowest BCUT2D eigenvalue weighted by Gasteiger charge is -2.36. The van der Waals surface area contributed by atoms with E-state index in [2.05, 4.69) is 9.88 Å². The van der Waals surface area contributed by atoms with E-state index >= 15 is 0 Å². The van der Waals surface area contributed by atoms with Crippen LogP contribution in [-0.2, 0) is 0 Å². The van der Waals surface area contributed by atoms with Crippen LogP contribution in [0, 0.1) is 0 Å². The van der Waals surface area contributed by atoms with E-state index < -0.39 is 11.2 Å². The van der Waals surface area contributed by atoms with Crippen molar-refractivity contribution in [2.24, 2.45) is 0 Å². The molecular weight excluding hydrogens is 320 g/mol. The van der Waals surface area contributed by atoms with E-state index in [-0.39, 0.29) is 11.6 Å². The maximum Gasteiger partial charge on any atom is 0.326 e. The Labute approximate surface area is 136 Å². The molecule has 120 valence electrons. The van der Waals surface area contributed by atoms with Crippen LogP contribution in [0.1, 0.15) is 10.5 Å². The lowest BCUT2D eigenvalue weighted by atomic mass is 10.2. The summed E-state index contributed by atoms with van der Waals surface area (Å²) in [6.45, 7) is 2.30. The normalized spacial score (nSPS) is 14.8. The Bertz CT molecular complexity index is 809. The second kappa shape index (κ2) is 6.29. The predicted octanol–water partition coefficient (Wildman–Crippen LogP) is 0.679. The van der Waals surface area contributed by atoms with Crippen LogP contribution < -0.4 is 16.1 Å². The first-order valence-electron chi connectivity index (χ1n) is 7.16. The minimum Gasteiger partial charge on any atom is -0.368 e. The highest BCUT2D eigenvalue weighted by molar-refractivity contribution is 6.30. The van der Waals surface area contributed by atoms with Crippen molar-refractivity contribution in [2.45, 2.75) is 0 Å². The number of hydrogen-bond donors (Lipinski definition) is 2. The highest BCUT2D eigenvalue weighted by Crippen LogP contribution is 2.21. The molecule has 0 atom stereocenters. The third-order valence-electron chi connectivity index (χ3n) is 3.73. The number of halogens is 1. The zero-order valence-electron chi connectivity index (χ0n) is 12.2. The second-order valence-corrected chi connectivity index (χ2v) is 5.70. The molecule has 1 fully saturated rings. The largest absolute Gasteiger partial charge is 0.368 e. The van der Waals surface area contributed by atoms with Crippen LogP contribution >= 0.6 is 11.6 Å². The molecule has 1 amide bonds. The van der Waals surface area contributed by atoms with E-state index in [9.17, 15) is 14.4 Å². The van der Waals surface area contributed by atoms with Gasteiger partial charge in [0.25, 0.3) is 11.5 Å². The van der Waals surface area contributed by atoms with Gasteiger partial charge in [-0.05, 0) is 18.2 Å². The van der Waals surface area contributed by atoms with Crippen molar-refractivity contribution in [1.82, 2.24) is 14.9 Å². The Balaban J connectivity index is 1.70. The first-order chi connectivity index (χ1) is 11.0. The average molecular weight is 335 g/mol. The summed E-state index contributed by atoms with van der Waals surface area (Å²) in [5.41, 5.74) is -0.253. The van der Waals surface area contributed by atoms with Gasteiger partial charge in [-0.1, -0.05) is 17.7 Å².